The summed E-state index contributed by atoms with van der Waals surface area (Å²) in [6, 6.07) is 7.10. The Morgan fingerprint density at radius 3 is 2.45 bits per heavy atom. The summed E-state index contributed by atoms with van der Waals surface area (Å²) in [6.45, 7) is -0.658. The number of hydrogen-bond donors (Lipinski definition) is 2. The van der Waals surface area contributed by atoms with Crippen LogP contribution < -0.4 is 15.5 Å². The van der Waals surface area contributed by atoms with Gasteiger partial charge in [-0.2, -0.15) is 0 Å². The van der Waals surface area contributed by atoms with Gasteiger partial charge in [-0.15, -0.1) is 0 Å². The highest BCUT2D eigenvalue weighted by molar-refractivity contribution is 6.08. The van der Waals surface area contributed by atoms with E-state index in [0.29, 0.717) is 19.4 Å². The number of hydrogen-bond acceptors (Lipinski definition) is 6. The van der Waals surface area contributed by atoms with Crippen LogP contribution in [0.15, 0.2) is 24.3 Å². The van der Waals surface area contributed by atoms with Crippen LogP contribution in [0, 0.1) is 0 Å². The van der Waals surface area contributed by atoms with E-state index in [1.54, 1.807) is 0 Å². The largest absolute Gasteiger partial charge is 0.454 e. The summed E-state index contributed by atoms with van der Waals surface area (Å²) in [4.78, 5) is 51.3. The predicted octanol–water partition coefficient (Wildman–Crippen LogP) is 0.777. The summed E-state index contributed by atoms with van der Waals surface area (Å²) in [5.74, 6) is -1.64. The molecule has 1 saturated carbocycles. The number of esters is 1. The fourth-order valence-corrected chi connectivity index (χ4v) is 3.62. The average molecular weight is 402 g/mol. The van der Waals surface area contributed by atoms with E-state index in [9.17, 15) is 19.2 Å². The first kappa shape index (κ1) is 20.6. The van der Waals surface area contributed by atoms with Gasteiger partial charge in [0.2, 0.25) is 0 Å². The van der Waals surface area contributed by atoms with Crippen LogP contribution in [0.2, 0.25) is 0 Å². The summed E-state index contributed by atoms with van der Waals surface area (Å²) in [7, 11) is 3.89. The molecule has 1 saturated heterocycles. The third-order valence-electron chi connectivity index (χ3n) is 5.30. The van der Waals surface area contributed by atoms with Gasteiger partial charge in [-0.25, -0.2) is 4.79 Å². The monoisotopic (exact) mass is 402 g/mol. The summed E-state index contributed by atoms with van der Waals surface area (Å²) >= 11 is 0. The lowest BCUT2D eigenvalue weighted by Crippen LogP contribution is -2.44. The van der Waals surface area contributed by atoms with Crippen molar-refractivity contribution >= 4 is 29.5 Å². The second kappa shape index (κ2) is 8.50. The molecular weight excluding hydrogens is 376 g/mol. The molecule has 0 bridgehead atoms. The molecule has 9 heteroatoms. The van der Waals surface area contributed by atoms with Crippen LogP contribution in [0.1, 0.15) is 31.2 Å². The SMILES string of the molecule is CN(C)c1ccc(CNC(=O)COC(=O)CN2C(=O)NC3(CCCC3)C2=O)cc1. The molecule has 3 rings (SSSR count). The van der Waals surface area contributed by atoms with E-state index in [0.717, 1.165) is 29.0 Å². The highest BCUT2D eigenvalue weighted by atomic mass is 16.5. The van der Waals surface area contributed by atoms with Crippen LogP contribution in [0.5, 0.6) is 0 Å². The number of imide groups is 1. The van der Waals surface area contributed by atoms with E-state index in [4.69, 9.17) is 4.74 Å². The average Bonchev–Trinajstić information content (AvgIpc) is 3.25. The summed E-state index contributed by atoms with van der Waals surface area (Å²) in [6.07, 6.45) is 2.90. The molecule has 0 radical (unpaired) electrons. The molecule has 1 aromatic carbocycles. The van der Waals surface area contributed by atoms with Crippen molar-refractivity contribution in [3.05, 3.63) is 29.8 Å². The normalized spacial score (nSPS) is 17.4. The Balaban J connectivity index is 1.41. The van der Waals surface area contributed by atoms with Crippen molar-refractivity contribution in [3.63, 3.8) is 0 Å². The van der Waals surface area contributed by atoms with Crippen molar-refractivity contribution in [2.24, 2.45) is 0 Å². The Kier molecular flexibility index (Phi) is 6.05. The molecule has 2 N–H and O–H groups in total. The fraction of sp³-hybridized carbons (Fsp3) is 0.500. The molecule has 29 heavy (non-hydrogen) atoms. The van der Waals surface area contributed by atoms with Gasteiger partial charge in [0.1, 0.15) is 12.1 Å². The minimum absolute atomic E-state index is 0.305. The van der Waals surface area contributed by atoms with Crippen LogP contribution in [-0.4, -0.2) is 61.5 Å². The first-order valence-corrected chi connectivity index (χ1v) is 9.63. The van der Waals surface area contributed by atoms with Gasteiger partial charge in [0, 0.05) is 26.3 Å². The van der Waals surface area contributed by atoms with Gasteiger partial charge in [-0.1, -0.05) is 25.0 Å². The van der Waals surface area contributed by atoms with E-state index in [1.165, 1.54) is 0 Å². The highest BCUT2D eigenvalue weighted by Gasteiger charge is 2.52. The maximum Gasteiger partial charge on any atom is 0.326 e. The summed E-state index contributed by atoms with van der Waals surface area (Å²) in [5.41, 5.74) is 1.10. The van der Waals surface area contributed by atoms with Gasteiger partial charge in [-0.3, -0.25) is 19.3 Å². The molecule has 0 atom stereocenters. The van der Waals surface area contributed by atoms with E-state index >= 15 is 0 Å². The number of rotatable bonds is 7. The van der Waals surface area contributed by atoms with Crippen LogP contribution in [0.25, 0.3) is 0 Å². The van der Waals surface area contributed by atoms with Crippen molar-refractivity contribution in [3.8, 4) is 0 Å². The van der Waals surface area contributed by atoms with E-state index in [2.05, 4.69) is 10.6 Å². The van der Waals surface area contributed by atoms with Gasteiger partial charge in [0.25, 0.3) is 11.8 Å². The number of nitrogens with one attached hydrogen (secondary N) is 2. The Hall–Kier alpha value is -3.10. The number of amides is 4. The molecular formula is C20H26N4O5. The molecule has 9 nitrogen and oxygen atoms in total. The molecule has 156 valence electrons. The third kappa shape index (κ3) is 4.67. The Bertz CT molecular complexity index is 800. The summed E-state index contributed by atoms with van der Waals surface area (Å²) < 4.78 is 4.92. The molecule has 1 aromatic rings. The van der Waals surface area contributed by atoms with Gasteiger partial charge in [-0.05, 0) is 30.5 Å². The molecule has 2 fully saturated rings. The number of nitrogens with zero attached hydrogens (tertiary/aromatic N) is 2. The Labute approximate surface area is 169 Å². The van der Waals surface area contributed by atoms with Gasteiger partial charge in [0.15, 0.2) is 6.61 Å². The number of anilines is 1. The third-order valence-corrected chi connectivity index (χ3v) is 5.30. The minimum atomic E-state index is -0.864. The lowest BCUT2D eigenvalue weighted by molar-refractivity contribution is -0.151. The van der Waals surface area contributed by atoms with Crippen LogP contribution in [-0.2, 0) is 25.7 Å². The molecule has 1 heterocycles. The van der Waals surface area contributed by atoms with E-state index < -0.39 is 36.6 Å². The van der Waals surface area contributed by atoms with Gasteiger partial charge < -0.3 is 20.3 Å². The van der Waals surface area contributed by atoms with E-state index in [1.807, 2.05) is 43.3 Å². The Morgan fingerprint density at radius 1 is 1.17 bits per heavy atom. The number of carbonyl (C=O) groups is 4. The standard InChI is InChI=1S/C20H26N4O5/c1-23(2)15-7-5-14(6-8-15)11-21-16(25)13-29-17(26)12-24-18(27)20(22-19(24)28)9-3-4-10-20/h5-8H,3-4,9-13H2,1-2H3,(H,21,25)(H,22,28). The zero-order valence-electron chi connectivity index (χ0n) is 16.7. The Morgan fingerprint density at radius 2 is 1.83 bits per heavy atom. The van der Waals surface area contributed by atoms with Crippen LogP contribution in [0.4, 0.5) is 10.5 Å². The zero-order chi connectivity index (χ0) is 21.0. The van der Waals surface area contributed by atoms with E-state index in [-0.39, 0.29) is 5.91 Å². The number of carbonyl (C=O) groups excluding carboxylic acids is 4. The van der Waals surface area contributed by atoms with Gasteiger partial charge in [0.05, 0.1) is 0 Å². The summed E-state index contributed by atoms with van der Waals surface area (Å²) in [5, 5.41) is 5.36. The molecule has 1 spiro atoms. The molecule has 1 aliphatic carbocycles. The molecule has 1 aliphatic heterocycles. The maximum atomic E-state index is 12.5. The smallest absolute Gasteiger partial charge is 0.326 e. The fourth-order valence-electron chi connectivity index (χ4n) is 3.62. The quantitative estimate of drug-likeness (QED) is 0.515. The number of benzene rings is 1. The minimum Gasteiger partial charge on any atom is -0.454 e. The molecule has 0 unspecified atom stereocenters. The van der Waals surface area contributed by atoms with Crippen LogP contribution >= 0.6 is 0 Å². The lowest BCUT2D eigenvalue weighted by Gasteiger charge is -2.19. The van der Waals surface area contributed by atoms with Crippen molar-refractivity contribution < 1.29 is 23.9 Å². The first-order chi connectivity index (χ1) is 13.8. The van der Waals surface area contributed by atoms with Crippen molar-refractivity contribution in [1.82, 2.24) is 15.5 Å². The second-order valence-corrected chi connectivity index (χ2v) is 7.61. The predicted molar refractivity (Wildman–Crippen MR) is 105 cm³/mol. The number of ether oxygens (including phenoxy) is 1. The van der Waals surface area contributed by atoms with Crippen molar-refractivity contribution in [1.29, 1.82) is 0 Å². The first-order valence-electron chi connectivity index (χ1n) is 9.63. The van der Waals surface area contributed by atoms with Crippen LogP contribution in [0.3, 0.4) is 0 Å². The highest BCUT2D eigenvalue weighted by Crippen LogP contribution is 2.34. The lowest BCUT2D eigenvalue weighted by atomic mass is 9.98. The topological polar surface area (TPSA) is 108 Å². The molecule has 4 amide bonds. The zero-order valence-corrected chi connectivity index (χ0v) is 16.7. The number of urea groups is 1. The molecule has 0 aromatic heterocycles. The second-order valence-electron chi connectivity index (χ2n) is 7.61. The molecule has 2 aliphatic rings. The maximum absolute atomic E-state index is 12.5. The van der Waals surface area contributed by atoms with Crippen molar-refractivity contribution in [2.75, 3.05) is 32.1 Å². The van der Waals surface area contributed by atoms with Crippen molar-refractivity contribution in [2.45, 2.75) is 37.8 Å². The van der Waals surface area contributed by atoms with Gasteiger partial charge >= 0.3 is 12.0 Å².